The van der Waals surface area contributed by atoms with Gasteiger partial charge in [-0.2, -0.15) is 0 Å². The summed E-state index contributed by atoms with van der Waals surface area (Å²) in [6.45, 7) is 3.42. The average molecular weight is 490 g/mol. The van der Waals surface area contributed by atoms with E-state index >= 15 is 0 Å². The first-order chi connectivity index (χ1) is 17.0. The summed E-state index contributed by atoms with van der Waals surface area (Å²) < 4.78 is 29.2. The minimum absolute atomic E-state index is 0.165. The first kappa shape index (κ1) is 23.6. The lowest BCUT2D eigenvalue weighted by Gasteiger charge is -2.22. The van der Waals surface area contributed by atoms with Gasteiger partial charge in [-0.25, -0.2) is 0 Å². The number of benzene rings is 3. The molecule has 2 heterocycles. The van der Waals surface area contributed by atoms with E-state index in [9.17, 15) is 9.36 Å². The fourth-order valence-corrected chi connectivity index (χ4v) is 5.88. The van der Waals surface area contributed by atoms with E-state index in [4.69, 9.17) is 13.8 Å². The highest BCUT2D eigenvalue weighted by molar-refractivity contribution is 7.53. The Morgan fingerprint density at radius 2 is 1.63 bits per heavy atom. The number of ether oxygens (including phenoxy) is 1. The maximum atomic E-state index is 13.1. The van der Waals surface area contributed by atoms with E-state index in [0.717, 1.165) is 34.4 Å². The first-order valence-electron chi connectivity index (χ1n) is 11.8. The van der Waals surface area contributed by atoms with Gasteiger partial charge < -0.3 is 19.1 Å². The molecule has 0 aliphatic carbocycles. The van der Waals surface area contributed by atoms with Crippen LogP contribution in [0.4, 0.5) is 5.69 Å². The van der Waals surface area contributed by atoms with E-state index < -0.39 is 7.60 Å². The van der Waals surface area contributed by atoms with E-state index in [1.165, 1.54) is 5.56 Å². The van der Waals surface area contributed by atoms with Crippen LogP contribution in [0.2, 0.25) is 0 Å². The fraction of sp³-hybridized carbons (Fsp3) is 0.250. The van der Waals surface area contributed by atoms with Gasteiger partial charge in [0, 0.05) is 23.2 Å². The molecule has 6 nitrogen and oxygen atoms in total. The Bertz CT molecular complexity index is 1290. The van der Waals surface area contributed by atoms with Gasteiger partial charge in [0.05, 0.1) is 26.0 Å². The molecule has 1 amide bonds. The molecule has 0 aromatic heterocycles. The second-order valence-electron chi connectivity index (χ2n) is 8.83. The molecule has 1 N–H and O–H groups in total. The van der Waals surface area contributed by atoms with Gasteiger partial charge in [-0.15, -0.1) is 0 Å². The maximum absolute atomic E-state index is 13.1. The summed E-state index contributed by atoms with van der Waals surface area (Å²) in [5, 5.41) is 2.97. The van der Waals surface area contributed by atoms with Gasteiger partial charge in [-0.3, -0.25) is 9.36 Å². The number of carbonyl (C=O) groups excluding carboxylic acids is 1. The lowest BCUT2D eigenvalue weighted by molar-refractivity contribution is -0.113. The Labute approximate surface area is 205 Å². The van der Waals surface area contributed by atoms with Crippen LogP contribution >= 0.6 is 7.60 Å². The van der Waals surface area contributed by atoms with Crippen molar-refractivity contribution in [2.75, 3.05) is 25.1 Å². The fourth-order valence-electron chi connectivity index (χ4n) is 4.15. The molecule has 3 aromatic carbocycles. The Kier molecular flexibility index (Phi) is 6.87. The van der Waals surface area contributed by atoms with E-state index in [-0.39, 0.29) is 12.1 Å². The third-order valence-corrected chi connectivity index (χ3v) is 8.00. The van der Waals surface area contributed by atoms with E-state index in [1.54, 1.807) is 12.1 Å². The Morgan fingerprint density at radius 3 is 2.37 bits per heavy atom. The molecule has 0 saturated carbocycles. The molecule has 0 spiro atoms. The predicted octanol–water partition coefficient (Wildman–Crippen LogP) is 6.60. The molecule has 1 saturated heterocycles. The van der Waals surface area contributed by atoms with Crippen LogP contribution in [0, 0.1) is 6.92 Å². The van der Waals surface area contributed by atoms with Gasteiger partial charge in [-0.1, -0.05) is 48.0 Å². The largest absolute Gasteiger partial charge is 0.493 e. The zero-order valence-electron chi connectivity index (χ0n) is 19.7. The zero-order chi connectivity index (χ0) is 24.3. The van der Waals surface area contributed by atoms with Crippen LogP contribution in [0.25, 0.3) is 17.2 Å². The quantitative estimate of drug-likeness (QED) is 0.409. The highest BCUT2D eigenvalue weighted by Crippen LogP contribution is 2.53. The summed E-state index contributed by atoms with van der Waals surface area (Å²) >= 11 is 0. The number of anilines is 1. The van der Waals surface area contributed by atoms with E-state index in [0.29, 0.717) is 37.5 Å². The molecule has 2 aliphatic rings. The number of hydrogen-bond donors (Lipinski definition) is 1. The number of carbonyl (C=O) groups is 1. The highest BCUT2D eigenvalue weighted by Gasteiger charge is 2.28. The summed E-state index contributed by atoms with van der Waals surface area (Å²) in [5.41, 5.74) is 6.46. The Morgan fingerprint density at radius 1 is 0.914 bits per heavy atom. The monoisotopic (exact) mass is 489 g/mol. The minimum Gasteiger partial charge on any atom is -0.493 e. The van der Waals surface area contributed by atoms with Crippen LogP contribution in [-0.4, -0.2) is 25.7 Å². The third-order valence-electron chi connectivity index (χ3n) is 6.10. The summed E-state index contributed by atoms with van der Waals surface area (Å²) in [6, 6.07) is 21.7. The summed E-state index contributed by atoms with van der Waals surface area (Å²) in [6.07, 6.45) is 3.40. The van der Waals surface area contributed by atoms with Gasteiger partial charge >= 0.3 is 7.60 Å². The number of amides is 1. The summed E-state index contributed by atoms with van der Waals surface area (Å²) in [5.74, 6) is 0.608. The SMILES string of the molecule is Cc1ccc(-c2ccc3c(c2)C=C(C(=O)Nc2ccc(CP4(=O)OCCCO4)cc2)CCO3)cc1. The van der Waals surface area contributed by atoms with Gasteiger partial charge in [0.15, 0.2) is 0 Å². The number of nitrogens with one attached hydrogen (secondary N) is 1. The topological polar surface area (TPSA) is 73.9 Å². The molecule has 7 heteroatoms. The third kappa shape index (κ3) is 5.73. The normalized spacial score (nSPS) is 16.9. The van der Waals surface area contributed by atoms with Gasteiger partial charge in [0.1, 0.15) is 5.75 Å². The standard InChI is InChI=1S/C28H28NO5P/c1-20-3-7-22(8-4-20)23-9-12-27-25(17-23)18-24(13-16-32-27)28(30)29-26-10-5-21(6-11-26)19-35(31)33-14-2-15-34-35/h3-12,17-18H,2,13-16,19H2,1H3,(H,29,30). The second kappa shape index (κ2) is 10.2. The summed E-state index contributed by atoms with van der Waals surface area (Å²) in [4.78, 5) is 13.1. The molecular weight excluding hydrogens is 461 g/mol. The number of hydrogen-bond acceptors (Lipinski definition) is 5. The van der Waals surface area contributed by atoms with Gasteiger partial charge in [0.2, 0.25) is 0 Å². The molecule has 3 aromatic rings. The van der Waals surface area contributed by atoms with Crippen LogP contribution in [-0.2, 0) is 24.6 Å². The molecule has 0 radical (unpaired) electrons. The van der Waals surface area contributed by atoms with Crippen molar-refractivity contribution >= 4 is 25.3 Å². The lowest BCUT2D eigenvalue weighted by Crippen LogP contribution is -2.15. The first-order valence-corrected chi connectivity index (χ1v) is 13.5. The van der Waals surface area contributed by atoms with Crippen molar-refractivity contribution in [3.8, 4) is 16.9 Å². The molecule has 180 valence electrons. The summed E-state index contributed by atoms with van der Waals surface area (Å²) in [7, 11) is -3.08. The van der Waals surface area contributed by atoms with Crippen molar-refractivity contribution in [1.82, 2.24) is 0 Å². The second-order valence-corrected chi connectivity index (χ2v) is 10.9. The Balaban J connectivity index is 1.30. The highest BCUT2D eigenvalue weighted by atomic mass is 31.2. The van der Waals surface area contributed by atoms with Crippen LogP contribution < -0.4 is 10.1 Å². The van der Waals surface area contributed by atoms with Crippen LogP contribution in [0.15, 0.2) is 72.3 Å². The molecular formula is C28H28NO5P. The predicted molar refractivity (Wildman–Crippen MR) is 138 cm³/mol. The molecule has 0 unspecified atom stereocenters. The number of fused-ring (bicyclic) bond motifs is 1. The van der Waals surface area contributed by atoms with E-state index in [1.807, 2.05) is 30.3 Å². The van der Waals surface area contributed by atoms with Crippen LogP contribution in [0.1, 0.15) is 29.5 Å². The van der Waals surface area contributed by atoms with Gasteiger partial charge in [-0.05, 0) is 60.4 Å². The van der Waals surface area contributed by atoms with Crippen molar-refractivity contribution < 1.29 is 23.1 Å². The lowest BCUT2D eigenvalue weighted by atomic mass is 10.00. The molecule has 2 aliphatic heterocycles. The van der Waals surface area contributed by atoms with Crippen molar-refractivity contribution in [3.05, 3.63) is 89.0 Å². The van der Waals surface area contributed by atoms with Crippen LogP contribution in [0.3, 0.4) is 0 Å². The van der Waals surface area contributed by atoms with Crippen molar-refractivity contribution in [2.45, 2.75) is 25.9 Å². The zero-order valence-corrected chi connectivity index (χ0v) is 20.6. The smallest absolute Gasteiger partial charge is 0.335 e. The van der Waals surface area contributed by atoms with Crippen LogP contribution in [0.5, 0.6) is 5.75 Å². The molecule has 0 atom stereocenters. The minimum atomic E-state index is -3.08. The Hall–Kier alpha value is -3.18. The molecule has 5 rings (SSSR count). The van der Waals surface area contributed by atoms with Crippen molar-refractivity contribution in [3.63, 3.8) is 0 Å². The number of rotatable bonds is 5. The van der Waals surface area contributed by atoms with Crippen molar-refractivity contribution in [1.29, 1.82) is 0 Å². The van der Waals surface area contributed by atoms with Gasteiger partial charge in [0.25, 0.3) is 5.91 Å². The van der Waals surface area contributed by atoms with Crippen molar-refractivity contribution in [2.24, 2.45) is 0 Å². The molecule has 0 bridgehead atoms. The maximum Gasteiger partial charge on any atom is 0.335 e. The molecule has 1 fully saturated rings. The van der Waals surface area contributed by atoms with E-state index in [2.05, 4.69) is 42.6 Å². The number of aryl methyl sites for hydroxylation is 1. The molecule has 35 heavy (non-hydrogen) atoms. The average Bonchev–Trinajstić information content (AvgIpc) is 3.08.